The van der Waals surface area contributed by atoms with Gasteiger partial charge in [-0.1, -0.05) is 24.3 Å². The van der Waals surface area contributed by atoms with Crippen LogP contribution in [0.4, 0.5) is 5.69 Å². The highest BCUT2D eigenvalue weighted by Crippen LogP contribution is 2.29. The van der Waals surface area contributed by atoms with Crippen LogP contribution in [0.2, 0.25) is 0 Å². The molecule has 3 heterocycles. The number of para-hydroxylation sites is 2. The molecule has 2 aromatic carbocycles. The van der Waals surface area contributed by atoms with E-state index < -0.39 is 0 Å². The van der Waals surface area contributed by atoms with Crippen LogP contribution in [0.1, 0.15) is 24.2 Å². The lowest BCUT2D eigenvalue weighted by atomic mass is 10.1. The third-order valence-corrected chi connectivity index (χ3v) is 6.27. The maximum atomic E-state index is 13.3. The molecular formula is C24H26N6O2. The second-order valence-corrected chi connectivity index (χ2v) is 8.50. The molecule has 0 bridgehead atoms. The van der Waals surface area contributed by atoms with Crippen molar-refractivity contribution in [2.45, 2.75) is 19.9 Å². The van der Waals surface area contributed by atoms with E-state index in [1.807, 2.05) is 41.3 Å². The number of amides is 1. The van der Waals surface area contributed by atoms with Gasteiger partial charge in [-0.05, 0) is 32.0 Å². The molecule has 8 nitrogen and oxygen atoms in total. The van der Waals surface area contributed by atoms with Crippen molar-refractivity contribution in [1.29, 1.82) is 0 Å². The van der Waals surface area contributed by atoms with Gasteiger partial charge in [0.2, 0.25) is 0 Å². The average Bonchev–Trinajstić information content (AvgIpc) is 3.22. The first-order chi connectivity index (χ1) is 15.4. The smallest absolute Gasteiger partial charge is 0.261 e. The molecule has 0 atom stereocenters. The van der Waals surface area contributed by atoms with E-state index in [1.165, 1.54) is 0 Å². The second-order valence-electron chi connectivity index (χ2n) is 8.50. The molecule has 0 saturated carbocycles. The van der Waals surface area contributed by atoms with Crippen LogP contribution in [0.5, 0.6) is 0 Å². The largest absolute Gasteiger partial charge is 0.397 e. The number of piperazine rings is 1. The number of hydrogen-bond acceptors (Lipinski definition) is 5. The van der Waals surface area contributed by atoms with Gasteiger partial charge in [0.1, 0.15) is 16.9 Å². The number of carbonyl (C=O) groups excluding carboxylic acids is 1. The molecule has 1 fully saturated rings. The minimum atomic E-state index is -0.321. The predicted octanol–water partition coefficient (Wildman–Crippen LogP) is 2.82. The van der Waals surface area contributed by atoms with E-state index >= 15 is 0 Å². The molecule has 0 spiro atoms. The Morgan fingerprint density at radius 3 is 2.47 bits per heavy atom. The van der Waals surface area contributed by atoms with Crippen LogP contribution in [0.3, 0.4) is 0 Å². The molecule has 1 aliphatic rings. The normalized spacial score (nSPS) is 15.2. The first-order valence-electron chi connectivity index (χ1n) is 10.9. The van der Waals surface area contributed by atoms with Crippen molar-refractivity contribution in [1.82, 2.24) is 24.8 Å². The maximum Gasteiger partial charge on any atom is 0.261 e. The van der Waals surface area contributed by atoms with Crippen molar-refractivity contribution >= 4 is 33.5 Å². The minimum absolute atomic E-state index is 0.0440. The van der Waals surface area contributed by atoms with Crippen LogP contribution < -0.4 is 11.3 Å². The molecule has 1 aliphatic heterocycles. The molecule has 0 radical (unpaired) electrons. The summed E-state index contributed by atoms with van der Waals surface area (Å²) in [6.07, 6.45) is 0. The molecule has 32 heavy (non-hydrogen) atoms. The molecule has 2 aromatic heterocycles. The Balaban J connectivity index is 1.54. The van der Waals surface area contributed by atoms with Crippen LogP contribution in [-0.4, -0.2) is 62.9 Å². The van der Waals surface area contributed by atoms with Gasteiger partial charge in [-0.15, -0.1) is 0 Å². The Morgan fingerprint density at radius 1 is 1.00 bits per heavy atom. The predicted molar refractivity (Wildman–Crippen MR) is 127 cm³/mol. The standard InChI is InChI=1S/C24H26N6O2/c1-14(2)29-10-12-30(13-11-29)24(32)16-7-5-9-18-21(16)28-22(26-18)19-20(25)15-6-3-4-8-17(15)27-23(19)31/h3-9,14H,10-13H2,1-2H3,(H,26,28)(H3,25,27,31). The SMILES string of the molecule is CC(C)N1CCN(C(=O)c2cccc3[nH]c(-c4c(N)c5ccccc5[nH]c4=O)nc23)CC1. The van der Waals surface area contributed by atoms with Gasteiger partial charge in [-0.3, -0.25) is 14.5 Å². The lowest BCUT2D eigenvalue weighted by Gasteiger charge is -2.37. The highest BCUT2D eigenvalue weighted by molar-refractivity contribution is 6.06. The number of aromatic amines is 2. The van der Waals surface area contributed by atoms with Gasteiger partial charge in [0.05, 0.1) is 22.3 Å². The van der Waals surface area contributed by atoms with E-state index in [0.717, 1.165) is 18.5 Å². The van der Waals surface area contributed by atoms with Crippen LogP contribution in [0.15, 0.2) is 47.3 Å². The average molecular weight is 431 g/mol. The number of imidazole rings is 1. The monoisotopic (exact) mass is 430 g/mol. The zero-order valence-corrected chi connectivity index (χ0v) is 18.2. The summed E-state index contributed by atoms with van der Waals surface area (Å²) in [5.74, 6) is 0.312. The van der Waals surface area contributed by atoms with Crippen molar-refractivity contribution < 1.29 is 4.79 Å². The maximum absolute atomic E-state index is 13.3. The van der Waals surface area contributed by atoms with Crippen LogP contribution in [0.25, 0.3) is 33.3 Å². The third kappa shape index (κ3) is 3.33. The first-order valence-corrected chi connectivity index (χ1v) is 10.9. The van der Waals surface area contributed by atoms with Crippen LogP contribution in [-0.2, 0) is 0 Å². The molecule has 164 valence electrons. The van der Waals surface area contributed by atoms with Crippen molar-refractivity contribution in [3.63, 3.8) is 0 Å². The van der Waals surface area contributed by atoms with E-state index in [9.17, 15) is 9.59 Å². The van der Waals surface area contributed by atoms with Gasteiger partial charge in [0.15, 0.2) is 0 Å². The van der Waals surface area contributed by atoms with Gasteiger partial charge in [0, 0.05) is 37.6 Å². The molecule has 5 rings (SSSR count). The Hall–Kier alpha value is -3.65. The zero-order chi connectivity index (χ0) is 22.4. The van der Waals surface area contributed by atoms with Crippen LogP contribution >= 0.6 is 0 Å². The molecule has 0 unspecified atom stereocenters. The lowest BCUT2D eigenvalue weighted by molar-refractivity contribution is 0.0597. The minimum Gasteiger partial charge on any atom is -0.397 e. The number of nitrogen functional groups attached to an aromatic ring is 1. The van der Waals surface area contributed by atoms with E-state index in [-0.39, 0.29) is 17.0 Å². The molecule has 4 aromatic rings. The van der Waals surface area contributed by atoms with E-state index in [1.54, 1.807) is 6.07 Å². The van der Waals surface area contributed by atoms with E-state index in [4.69, 9.17) is 5.73 Å². The second kappa shape index (κ2) is 7.80. The lowest BCUT2D eigenvalue weighted by Crippen LogP contribution is -2.50. The highest BCUT2D eigenvalue weighted by atomic mass is 16.2. The highest BCUT2D eigenvalue weighted by Gasteiger charge is 2.26. The number of benzene rings is 2. The molecule has 8 heteroatoms. The summed E-state index contributed by atoms with van der Waals surface area (Å²) >= 11 is 0. The summed E-state index contributed by atoms with van der Waals surface area (Å²) in [6.45, 7) is 7.42. The van der Waals surface area contributed by atoms with Crippen molar-refractivity contribution in [2.75, 3.05) is 31.9 Å². The number of nitrogens with two attached hydrogens (primary N) is 1. The molecule has 1 saturated heterocycles. The summed E-state index contributed by atoms with van der Waals surface area (Å²) in [5.41, 5.74) is 9.13. The molecule has 1 amide bonds. The Morgan fingerprint density at radius 2 is 1.72 bits per heavy atom. The third-order valence-electron chi connectivity index (χ3n) is 6.27. The van der Waals surface area contributed by atoms with Gasteiger partial charge in [-0.25, -0.2) is 4.98 Å². The van der Waals surface area contributed by atoms with Crippen LogP contribution in [0, 0.1) is 0 Å². The summed E-state index contributed by atoms with van der Waals surface area (Å²) in [5, 5.41) is 0.752. The number of rotatable bonds is 3. The molecule has 0 aliphatic carbocycles. The summed E-state index contributed by atoms with van der Waals surface area (Å²) in [7, 11) is 0. The first kappa shape index (κ1) is 20.3. The number of nitrogens with one attached hydrogen (secondary N) is 2. The Bertz CT molecular complexity index is 1380. The number of nitrogens with zero attached hydrogens (tertiary/aromatic N) is 3. The fraction of sp³-hybridized carbons (Fsp3) is 0.292. The Kier molecular flexibility index (Phi) is 4.94. The van der Waals surface area contributed by atoms with E-state index in [2.05, 4.69) is 33.7 Å². The zero-order valence-electron chi connectivity index (χ0n) is 18.2. The Labute approximate surface area is 185 Å². The quantitative estimate of drug-likeness (QED) is 0.463. The fourth-order valence-corrected chi connectivity index (χ4v) is 4.44. The van der Waals surface area contributed by atoms with E-state index in [0.29, 0.717) is 52.8 Å². The van der Waals surface area contributed by atoms with Crippen molar-refractivity contribution in [3.8, 4) is 11.4 Å². The number of pyridine rings is 1. The molecule has 4 N–H and O–H groups in total. The summed E-state index contributed by atoms with van der Waals surface area (Å²) in [6, 6.07) is 13.3. The number of anilines is 1. The van der Waals surface area contributed by atoms with Gasteiger partial charge in [-0.2, -0.15) is 0 Å². The van der Waals surface area contributed by atoms with Gasteiger partial charge >= 0.3 is 0 Å². The fourth-order valence-electron chi connectivity index (χ4n) is 4.44. The van der Waals surface area contributed by atoms with Gasteiger partial charge < -0.3 is 20.6 Å². The van der Waals surface area contributed by atoms with Crippen molar-refractivity contribution in [2.24, 2.45) is 0 Å². The number of aromatic nitrogens is 3. The number of fused-ring (bicyclic) bond motifs is 2. The number of carbonyl (C=O) groups is 1. The van der Waals surface area contributed by atoms with Crippen molar-refractivity contribution in [3.05, 3.63) is 58.4 Å². The van der Waals surface area contributed by atoms with Gasteiger partial charge in [0.25, 0.3) is 11.5 Å². The summed E-state index contributed by atoms with van der Waals surface area (Å²) < 4.78 is 0. The summed E-state index contributed by atoms with van der Waals surface area (Å²) in [4.78, 5) is 41.1. The topological polar surface area (TPSA) is 111 Å². The number of hydrogen-bond donors (Lipinski definition) is 3. The number of H-pyrrole nitrogens is 2. The molecular weight excluding hydrogens is 404 g/mol.